The van der Waals surface area contributed by atoms with E-state index < -0.39 is 12.0 Å². The summed E-state index contributed by atoms with van der Waals surface area (Å²) in [6.07, 6.45) is 1.49. The first-order valence-electron chi connectivity index (χ1n) is 7.12. The predicted molar refractivity (Wildman–Crippen MR) is 82.9 cm³/mol. The topological polar surface area (TPSA) is 69.6 Å². The molecule has 1 fully saturated rings. The van der Waals surface area contributed by atoms with Crippen LogP contribution in [0.2, 0.25) is 0 Å². The van der Waals surface area contributed by atoms with Gasteiger partial charge in [-0.3, -0.25) is 4.90 Å². The van der Waals surface area contributed by atoms with Gasteiger partial charge < -0.3 is 10.4 Å². The van der Waals surface area contributed by atoms with E-state index in [1.807, 2.05) is 36.0 Å². The Morgan fingerprint density at radius 1 is 1.38 bits per heavy atom. The van der Waals surface area contributed by atoms with Crippen LogP contribution < -0.4 is 10.2 Å². The Hall–Kier alpha value is -1.69. The third-order valence-corrected chi connectivity index (χ3v) is 5.28. The highest BCUT2D eigenvalue weighted by molar-refractivity contribution is 7.99. The first kappa shape index (κ1) is 14.3. The Kier molecular flexibility index (Phi) is 4.05. The number of carboxylic acid groups (broad SMARTS) is 1. The smallest absolute Gasteiger partial charge is 0.327 e. The summed E-state index contributed by atoms with van der Waals surface area (Å²) >= 11 is 1.90. The number of carboxylic acids is 1. The Morgan fingerprint density at radius 3 is 2.90 bits per heavy atom. The number of para-hydroxylation sites is 1. The fourth-order valence-electron chi connectivity index (χ4n) is 2.90. The van der Waals surface area contributed by atoms with E-state index in [1.54, 1.807) is 0 Å². The molecule has 0 aliphatic carbocycles. The van der Waals surface area contributed by atoms with Crippen LogP contribution >= 0.6 is 11.8 Å². The molecule has 5 nitrogen and oxygen atoms in total. The molecule has 2 atom stereocenters. The minimum Gasteiger partial charge on any atom is -0.480 e. The number of amides is 2. The molecule has 0 spiro atoms. The number of anilines is 1. The van der Waals surface area contributed by atoms with E-state index in [0.717, 1.165) is 23.5 Å². The molecule has 0 bridgehead atoms. The van der Waals surface area contributed by atoms with Crippen LogP contribution in [0.5, 0.6) is 0 Å². The van der Waals surface area contributed by atoms with Crippen molar-refractivity contribution in [3.8, 4) is 0 Å². The van der Waals surface area contributed by atoms with Crippen molar-refractivity contribution in [2.75, 3.05) is 23.0 Å². The number of hydrogen-bond donors (Lipinski definition) is 2. The van der Waals surface area contributed by atoms with Crippen LogP contribution in [0, 0.1) is 5.92 Å². The average Bonchev–Trinajstić information content (AvgIpc) is 3.11. The lowest BCUT2D eigenvalue weighted by Gasteiger charge is -2.23. The number of benzene rings is 1. The van der Waals surface area contributed by atoms with Crippen LogP contribution in [0.4, 0.5) is 10.5 Å². The van der Waals surface area contributed by atoms with E-state index in [2.05, 4.69) is 5.32 Å². The Balaban J connectivity index is 1.73. The summed E-state index contributed by atoms with van der Waals surface area (Å²) in [6, 6.07) is 6.28. The van der Waals surface area contributed by atoms with Crippen molar-refractivity contribution >= 4 is 29.4 Å². The van der Waals surface area contributed by atoms with Crippen LogP contribution in [0.25, 0.3) is 0 Å². The number of urea groups is 1. The first-order chi connectivity index (χ1) is 10.2. The number of nitrogens with one attached hydrogen (secondary N) is 1. The lowest BCUT2D eigenvalue weighted by molar-refractivity contribution is -0.138. The second-order valence-corrected chi connectivity index (χ2v) is 6.62. The molecule has 0 aromatic heterocycles. The Bertz CT molecular complexity index is 558. The normalized spacial score (nSPS) is 23.9. The van der Waals surface area contributed by atoms with Gasteiger partial charge >= 0.3 is 12.0 Å². The molecule has 6 heteroatoms. The largest absolute Gasteiger partial charge is 0.480 e. The van der Waals surface area contributed by atoms with Gasteiger partial charge in [-0.05, 0) is 35.5 Å². The summed E-state index contributed by atoms with van der Waals surface area (Å²) in [7, 11) is 0. The van der Waals surface area contributed by atoms with Gasteiger partial charge in [0.05, 0.1) is 0 Å². The molecular weight excluding hydrogens is 288 g/mol. The molecular formula is C15H18N2O3S. The van der Waals surface area contributed by atoms with Crippen LogP contribution in [0.15, 0.2) is 24.3 Å². The minimum atomic E-state index is -0.960. The molecule has 2 aliphatic heterocycles. The van der Waals surface area contributed by atoms with Crippen molar-refractivity contribution < 1.29 is 14.7 Å². The molecule has 1 aromatic carbocycles. The molecule has 112 valence electrons. The van der Waals surface area contributed by atoms with Crippen molar-refractivity contribution in [3.05, 3.63) is 29.8 Å². The molecule has 3 rings (SSSR count). The van der Waals surface area contributed by atoms with Crippen LogP contribution in [-0.4, -0.2) is 41.2 Å². The molecule has 2 N–H and O–H groups in total. The van der Waals surface area contributed by atoms with E-state index in [-0.39, 0.29) is 6.03 Å². The quantitative estimate of drug-likeness (QED) is 0.896. The molecule has 1 aromatic rings. The van der Waals surface area contributed by atoms with Gasteiger partial charge in [-0.1, -0.05) is 18.2 Å². The lowest BCUT2D eigenvalue weighted by atomic mass is 10.1. The Morgan fingerprint density at radius 2 is 2.19 bits per heavy atom. The van der Waals surface area contributed by atoms with Crippen molar-refractivity contribution in [1.82, 2.24) is 5.32 Å². The number of carbonyl (C=O) groups excluding carboxylic acids is 1. The van der Waals surface area contributed by atoms with Gasteiger partial charge in [0.1, 0.15) is 6.04 Å². The zero-order valence-electron chi connectivity index (χ0n) is 11.6. The summed E-state index contributed by atoms with van der Waals surface area (Å²) in [5, 5.41) is 12.3. The number of aliphatic carboxylic acids is 1. The Labute approximate surface area is 127 Å². The number of carbonyl (C=O) groups is 2. The molecule has 1 saturated heterocycles. The van der Waals surface area contributed by atoms with Gasteiger partial charge in [0.25, 0.3) is 0 Å². The van der Waals surface area contributed by atoms with E-state index in [4.69, 9.17) is 0 Å². The molecule has 21 heavy (non-hydrogen) atoms. The van der Waals surface area contributed by atoms with Crippen LogP contribution in [-0.2, 0) is 11.2 Å². The highest BCUT2D eigenvalue weighted by Crippen LogP contribution is 2.32. The van der Waals surface area contributed by atoms with Crippen molar-refractivity contribution in [3.63, 3.8) is 0 Å². The van der Waals surface area contributed by atoms with Crippen molar-refractivity contribution in [2.45, 2.75) is 18.9 Å². The fourth-order valence-corrected chi connectivity index (χ4v) is 4.18. The maximum absolute atomic E-state index is 12.4. The van der Waals surface area contributed by atoms with E-state index in [9.17, 15) is 14.7 Å². The molecule has 0 saturated carbocycles. The van der Waals surface area contributed by atoms with E-state index in [0.29, 0.717) is 24.6 Å². The molecule has 2 heterocycles. The number of fused-ring (bicyclic) bond motifs is 1. The van der Waals surface area contributed by atoms with Gasteiger partial charge in [0.15, 0.2) is 0 Å². The first-order valence-corrected chi connectivity index (χ1v) is 8.28. The number of nitrogens with zero attached hydrogens (tertiary/aromatic N) is 1. The monoisotopic (exact) mass is 306 g/mol. The fraction of sp³-hybridized carbons (Fsp3) is 0.467. The second kappa shape index (κ2) is 5.97. The number of thioether (sulfide) groups is 1. The van der Waals surface area contributed by atoms with E-state index in [1.165, 1.54) is 4.90 Å². The number of rotatable bonds is 3. The van der Waals surface area contributed by atoms with Crippen molar-refractivity contribution in [1.29, 1.82) is 0 Å². The highest BCUT2D eigenvalue weighted by atomic mass is 32.2. The standard InChI is InChI=1S/C15H18N2O3S/c18-14(19)13-7-11-3-1-2-4-12(11)17(13)15(20)16-8-10-5-6-21-9-10/h1-4,10,13H,5-9H2,(H,16,20)(H,18,19)/t10?,13-/m0/s1. The maximum atomic E-state index is 12.4. The highest BCUT2D eigenvalue weighted by Gasteiger charge is 2.38. The maximum Gasteiger partial charge on any atom is 0.327 e. The molecule has 2 aliphatic rings. The summed E-state index contributed by atoms with van der Waals surface area (Å²) in [6.45, 7) is 0.622. The van der Waals surface area contributed by atoms with E-state index >= 15 is 0 Å². The third-order valence-electron chi connectivity index (χ3n) is 4.05. The van der Waals surface area contributed by atoms with Gasteiger partial charge in [0.2, 0.25) is 0 Å². The predicted octanol–water partition coefficient (Wildman–Crippen LogP) is 1.97. The van der Waals surface area contributed by atoms with Crippen molar-refractivity contribution in [2.24, 2.45) is 5.92 Å². The molecule has 1 unspecified atom stereocenters. The summed E-state index contributed by atoms with van der Waals surface area (Å²) in [5.41, 5.74) is 1.62. The summed E-state index contributed by atoms with van der Waals surface area (Å²) in [5.74, 6) is 1.75. The zero-order chi connectivity index (χ0) is 14.8. The second-order valence-electron chi connectivity index (χ2n) is 5.47. The summed E-state index contributed by atoms with van der Waals surface area (Å²) in [4.78, 5) is 25.2. The minimum absolute atomic E-state index is 0.302. The molecule has 0 radical (unpaired) electrons. The van der Waals surface area contributed by atoms with Crippen LogP contribution in [0.1, 0.15) is 12.0 Å². The van der Waals surface area contributed by atoms with Gasteiger partial charge in [-0.2, -0.15) is 11.8 Å². The van der Waals surface area contributed by atoms with Gasteiger partial charge in [0, 0.05) is 18.7 Å². The summed E-state index contributed by atoms with van der Waals surface area (Å²) < 4.78 is 0. The molecule has 2 amide bonds. The SMILES string of the molecule is O=C(O)[C@@H]1Cc2ccccc2N1C(=O)NCC1CCSC1. The van der Waals surface area contributed by atoms with Crippen LogP contribution in [0.3, 0.4) is 0 Å². The lowest BCUT2D eigenvalue weighted by Crippen LogP contribution is -2.48. The average molecular weight is 306 g/mol. The zero-order valence-corrected chi connectivity index (χ0v) is 12.4. The van der Waals surface area contributed by atoms with Gasteiger partial charge in [-0.25, -0.2) is 9.59 Å². The van der Waals surface area contributed by atoms with Gasteiger partial charge in [-0.15, -0.1) is 0 Å². The number of hydrogen-bond acceptors (Lipinski definition) is 3. The third kappa shape index (κ3) is 2.85.